The second-order valence-corrected chi connectivity index (χ2v) is 7.04. The number of anilines is 1. The largest absolute Gasteiger partial charge is 0.363 e. The molecule has 0 fully saturated rings. The minimum absolute atomic E-state index is 0.0792. The number of hydrogen-bond donors (Lipinski definition) is 1. The summed E-state index contributed by atoms with van der Waals surface area (Å²) >= 11 is 0. The monoisotopic (exact) mass is 368 g/mol. The van der Waals surface area contributed by atoms with Gasteiger partial charge in [-0.25, -0.2) is 4.98 Å². The maximum absolute atomic E-state index is 12.7. The van der Waals surface area contributed by atoms with Crippen LogP contribution in [0.5, 0.6) is 0 Å². The Morgan fingerprint density at radius 2 is 1.75 bits per heavy atom. The van der Waals surface area contributed by atoms with Crippen LogP contribution >= 0.6 is 0 Å². The van der Waals surface area contributed by atoms with Crippen molar-refractivity contribution in [2.45, 2.75) is 19.6 Å². The standard InChI is InChI=1S/C23H20N4O/c28-23(25-14-21-13-24-22-10-3-4-11-27(21)22)17-8-5-9-20(12-17)26-15-18-6-1-2-7-19(18)16-26/h1-13H,14-16H2,(H,25,28). The number of amides is 1. The van der Waals surface area contributed by atoms with E-state index in [9.17, 15) is 4.79 Å². The summed E-state index contributed by atoms with van der Waals surface area (Å²) in [7, 11) is 0. The topological polar surface area (TPSA) is 49.6 Å². The van der Waals surface area contributed by atoms with E-state index < -0.39 is 0 Å². The van der Waals surface area contributed by atoms with E-state index in [4.69, 9.17) is 0 Å². The van der Waals surface area contributed by atoms with Crippen molar-refractivity contribution in [1.82, 2.24) is 14.7 Å². The molecule has 4 aromatic rings. The summed E-state index contributed by atoms with van der Waals surface area (Å²) in [6, 6.07) is 22.2. The lowest BCUT2D eigenvalue weighted by molar-refractivity contribution is 0.0950. The molecule has 0 unspecified atom stereocenters. The van der Waals surface area contributed by atoms with Crippen molar-refractivity contribution in [2.24, 2.45) is 0 Å². The van der Waals surface area contributed by atoms with Crippen LogP contribution in [0.15, 0.2) is 79.1 Å². The third-order valence-electron chi connectivity index (χ3n) is 5.24. The van der Waals surface area contributed by atoms with Crippen molar-refractivity contribution in [3.8, 4) is 0 Å². The summed E-state index contributed by atoms with van der Waals surface area (Å²) in [6.45, 7) is 2.19. The van der Waals surface area contributed by atoms with Crippen LogP contribution in [-0.2, 0) is 19.6 Å². The number of benzene rings is 2. The number of nitrogens with zero attached hydrogens (tertiary/aromatic N) is 3. The Morgan fingerprint density at radius 1 is 0.964 bits per heavy atom. The van der Waals surface area contributed by atoms with Crippen molar-refractivity contribution in [1.29, 1.82) is 0 Å². The molecule has 1 N–H and O–H groups in total. The maximum Gasteiger partial charge on any atom is 0.251 e. The fraction of sp³-hybridized carbons (Fsp3) is 0.130. The van der Waals surface area contributed by atoms with Crippen LogP contribution in [0.1, 0.15) is 27.2 Å². The minimum atomic E-state index is -0.0792. The van der Waals surface area contributed by atoms with Crippen molar-refractivity contribution < 1.29 is 4.79 Å². The third-order valence-corrected chi connectivity index (χ3v) is 5.24. The number of aromatic nitrogens is 2. The van der Waals surface area contributed by atoms with Crippen molar-refractivity contribution in [2.75, 3.05) is 4.90 Å². The van der Waals surface area contributed by atoms with E-state index >= 15 is 0 Å². The molecule has 2 aromatic heterocycles. The number of rotatable bonds is 4. The summed E-state index contributed by atoms with van der Waals surface area (Å²) < 4.78 is 1.98. The molecule has 0 aliphatic carbocycles. The fourth-order valence-electron chi connectivity index (χ4n) is 3.75. The van der Waals surface area contributed by atoms with E-state index in [1.54, 1.807) is 6.20 Å². The summed E-state index contributed by atoms with van der Waals surface area (Å²) in [5.74, 6) is -0.0792. The number of imidazole rings is 1. The average Bonchev–Trinajstić information content (AvgIpc) is 3.36. The lowest BCUT2D eigenvalue weighted by Gasteiger charge is -2.18. The molecule has 0 saturated carbocycles. The van der Waals surface area contributed by atoms with Crippen LogP contribution in [0.25, 0.3) is 5.65 Å². The highest BCUT2D eigenvalue weighted by Gasteiger charge is 2.19. The molecule has 5 heteroatoms. The first kappa shape index (κ1) is 16.6. The molecule has 5 nitrogen and oxygen atoms in total. The number of carbonyl (C=O) groups is 1. The zero-order chi connectivity index (χ0) is 18.9. The molecule has 138 valence electrons. The van der Waals surface area contributed by atoms with E-state index in [-0.39, 0.29) is 5.91 Å². The molecule has 5 rings (SSSR count). The predicted octanol–water partition coefficient (Wildman–Crippen LogP) is 3.78. The summed E-state index contributed by atoms with van der Waals surface area (Å²) in [4.78, 5) is 19.4. The third kappa shape index (κ3) is 3.01. The van der Waals surface area contributed by atoms with Crippen molar-refractivity contribution in [3.05, 3.63) is 102 Å². The van der Waals surface area contributed by atoms with Gasteiger partial charge >= 0.3 is 0 Å². The van der Waals surface area contributed by atoms with Crippen molar-refractivity contribution >= 4 is 17.2 Å². The molecule has 0 radical (unpaired) electrons. The summed E-state index contributed by atoms with van der Waals surface area (Å²) in [6.07, 6.45) is 3.75. The number of nitrogens with one attached hydrogen (secondary N) is 1. The highest BCUT2D eigenvalue weighted by atomic mass is 16.1. The Hall–Kier alpha value is -3.60. The molecule has 1 aliphatic heterocycles. The summed E-state index contributed by atoms with van der Waals surface area (Å²) in [5, 5.41) is 3.01. The number of carbonyl (C=O) groups excluding carboxylic acids is 1. The average molecular weight is 368 g/mol. The van der Waals surface area contributed by atoms with Crippen LogP contribution in [0.2, 0.25) is 0 Å². The zero-order valence-electron chi connectivity index (χ0n) is 15.4. The van der Waals surface area contributed by atoms with Crippen LogP contribution in [0.3, 0.4) is 0 Å². The van der Waals surface area contributed by atoms with E-state index in [1.807, 2.05) is 47.0 Å². The van der Waals surface area contributed by atoms with Crippen LogP contribution in [0, 0.1) is 0 Å². The molecule has 0 bridgehead atoms. The molecule has 0 saturated heterocycles. The summed E-state index contributed by atoms with van der Waals surface area (Å²) in [5.41, 5.74) is 6.27. The molecule has 2 aromatic carbocycles. The normalized spacial score (nSPS) is 12.9. The predicted molar refractivity (Wildman–Crippen MR) is 109 cm³/mol. The van der Waals surface area contributed by atoms with Gasteiger partial charge in [0.1, 0.15) is 5.65 Å². The molecular weight excluding hydrogens is 348 g/mol. The molecule has 1 aliphatic rings. The van der Waals surface area contributed by atoms with Gasteiger partial charge in [-0.2, -0.15) is 0 Å². The molecule has 28 heavy (non-hydrogen) atoms. The van der Waals surface area contributed by atoms with Gasteiger partial charge in [0.05, 0.1) is 18.4 Å². The maximum atomic E-state index is 12.7. The fourth-order valence-corrected chi connectivity index (χ4v) is 3.75. The second kappa shape index (κ2) is 6.85. The van der Waals surface area contributed by atoms with E-state index in [1.165, 1.54) is 11.1 Å². The van der Waals surface area contributed by atoms with Crippen LogP contribution < -0.4 is 10.2 Å². The van der Waals surface area contributed by atoms with Gasteiger partial charge in [0.2, 0.25) is 0 Å². The number of fused-ring (bicyclic) bond motifs is 2. The van der Waals surface area contributed by atoms with Gasteiger partial charge in [0.25, 0.3) is 5.91 Å². The van der Waals surface area contributed by atoms with Gasteiger partial charge in [0, 0.05) is 30.5 Å². The zero-order valence-corrected chi connectivity index (χ0v) is 15.4. The first-order chi connectivity index (χ1) is 13.8. The first-order valence-electron chi connectivity index (χ1n) is 9.39. The highest BCUT2D eigenvalue weighted by molar-refractivity contribution is 5.95. The Balaban J connectivity index is 1.30. The van der Waals surface area contributed by atoms with Crippen LogP contribution in [-0.4, -0.2) is 15.3 Å². The number of hydrogen-bond acceptors (Lipinski definition) is 3. The lowest BCUT2D eigenvalue weighted by atomic mass is 10.1. The van der Waals surface area contributed by atoms with Gasteiger partial charge in [-0.15, -0.1) is 0 Å². The molecule has 0 spiro atoms. The first-order valence-corrected chi connectivity index (χ1v) is 9.39. The number of pyridine rings is 1. The Bertz CT molecular complexity index is 1140. The van der Waals surface area contributed by atoms with Gasteiger partial charge in [-0.1, -0.05) is 36.4 Å². The second-order valence-electron chi connectivity index (χ2n) is 7.04. The Morgan fingerprint density at radius 3 is 2.57 bits per heavy atom. The molecule has 1 amide bonds. The molecule has 0 atom stereocenters. The Labute approximate surface area is 163 Å². The van der Waals surface area contributed by atoms with Gasteiger partial charge < -0.3 is 14.6 Å². The van der Waals surface area contributed by atoms with E-state index in [2.05, 4.69) is 45.5 Å². The quantitative estimate of drug-likeness (QED) is 0.596. The smallest absolute Gasteiger partial charge is 0.251 e. The van der Waals surface area contributed by atoms with E-state index in [0.717, 1.165) is 30.1 Å². The molecular formula is C23H20N4O. The van der Waals surface area contributed by atoms with Gasteiger partial charge in [-0.05, 0) is 41.5 Å². The van der Waals surface area contributed by atoms with Crippen molar-refractivity contribution in [3.63, 3.8) is 0 Å². The lowest BCUT2D eigenvalue weighted by Crippen LogP contribution is -2.24. The highest BCUT2D eigenvalue weighted by Crippen LogP contribution is 2.28. The van der Waals surface area contributed by atoms with Crippen LogP contribution in [0.4, 0.5) is 5.69 Å². The van der Waals surface area contributed by atoms with Gasteiger partial charge in [-0.3, -0.25) is 4.79 Å². The minimum Gasteiger partial charge on any atom is -0.363 e. The van der Waals surface area contributed by atoms with Gasteiger partial charge in [0.15, 0.2) is 0 Å². The SMILES string of the molecule is O=C(NCc1cnc2ccccn12)c1cccc(N2Cc3ccccc3C2)c1. The molecule has 3 heterocycles. The van der Waals surface area contributed by atoms with E-state index in [0.29, 0.717) is 12.1 Å². The Kier molecular flexibility index (Phi) is 4.05.